The van der Waals surface area contributed by atoms with Crippen molar-refractivity contribution in [3.8, 4) is 0 Å². The van der Waals surface area contributed by atoms with Crippen molar-refractivity contribution in [2.45, 2.75) is 12.8 Å². The number of allylic oxidation sites excluding steroid dienone is 1. The lowest BCUT2D eigenvalue weighted by molar-refractivity contribution is -0.117. The topological polar surface area (TPSA) is 17.1 Å². The molecule has 2 rings (SSSR count). The Balaban J connectivity index is 2.44. The van der Waals surface area contributed by atoms with E-state index < -0.39 is 0 Å². The van der Waals surface area contributed by atoms with Gasteiger partial charge in [0.15, 0.2) is 0 Å². The molecule has 1 heterocycles. The van der Waals surface area contributed by atoms with Crippen molar-refractivity contribution in [3.63, 3.8) is 0 Å². The normalized spacial score (nSPS) is 16.2. The van der Waals surface area contributed by atoms with Crippen LogP contribution < -0.4 is 0 Å². The lowest BCUT2D eigenvalue weighted by atomic mass is 10.1. The van der Waals surface area contributed by atoms with Gasteiger partial charge >= 0.3 is 0 Å². The van der Waals surface area contributed by atoms with Crippen LogP contribution in [0.25, 0.3) is 6.08 Å². The molecular formula is C9H8OS. The zero-order valence-corrected chi connectivity index (χ0v) is 6.86. The number of thiophene rings is 1. The summed E-state index contributed by atoms with van der Waals surface area (Å²) in [6, 6.07) is 0. The van der Waals surface area contributed by atoms with Gasteiger partial charge in [-0.3, -0.25) is 4.79 Å². The molecule has 0 N–H and O–H groups in total. The largest absolute Gasteiger partial charge is 0.299 e. The fourth-order valence-corrected chi connectivity index (χ4v) is 2.05. The second-order valence-electron chi connectivity index (χ2n) is 2.67. The molecule has 0 aromatic carbocycles. The van der Waals surface area contributed by atoms with Gasteiger partial charge in [-0.2, -0.15) is 11.3 Å². The molecule has 1 aromatic heterocycles. The maximum atomic E-state index is 11.1. The summed E-state index contributed by atoms with van der Waals surface area (Å²) in [5, 5.41) is 4.15. The van der Waals surface area contributed by atoms with E-state index in [1.165, 1.54) is 11.1 Å². The minimum Gasteiger partial charge on any atom is -0.299 e. The van der Waals surface area contributed by atoms with Crippen LogP contribution in [0.1, 0.15) is 17.5 Å². The summed E-state index contributed by atoms with van der Waals surface area (Å²) < 4.78 is 0. The summed E-state index contributed by atoms with van der Waals surface area (Å²) >= 11 is 1.66. The maximum absolute atomic E-state index is 11.1. The van der Waals surface area contributed by atoms with Gasteiger partial charge in [0, 0.05) is 12.8 Å². The maximum Gasteiger partial charge on any atom is 0.141 e. The lowest BCUT2D eigenvalue weighted by Gasteiger charge is -1.92. The monoisotopic (exact) mass is 164 g/mol. The van der Waals surface area contributed by atoms with Crippen LogP contribution in [0.4, 0.5) is 0 Å². The van der Waals surface area contributed by atoms with Gasteiger partial charge in [-0.25, -0.2) is 0 Å². The van der Waals surface area contributed by atoms with Crippen LogP contribution in [-0.4, -0.2) is 5.78 Å². The first kappa shape index (κ1) is 6.80. The Labute approximate surface area is 69.4 Å². The lowest BCUT2D eigenvalue weighted by Crippen LogP contribution is -1.98. The summed E-state index contributed by atoms with van der Waals surface area (Å²) in [5.74, 6) is 0.318. The Morgan fingerprint density at radius 3 is 3.18 bits per heavy atom. The molecule has 2 heteroatoms. The van der Waals surface area contributed by atoms with Gasteiger partial charge in [0.1, 0.15) is 5.78 Å². The number of carbonyl (C=O) groups excluding carboxylic acids is 1. The van der Waals surface area contributed by atoms with E-state index in [1.807, 2.05) is 12.2 Å². The van der Waals surface area contributed by atoms with Gasteiger partial charge in [0.25, 0.3) is 0 Å². The van der Waals surface area contributed by atoms with Gasteiger partial charge in [0.2, 0.25) is 0 Å². The number of hydrogen-bond donors (Lipinski definition) is 0. The highest BCUT2D eigenvalue weighted by molar-refractivity contribution is 7.08. The summed E-state index contributed by atoms with van der Waals surface area (Å²) in [4.78, 5) is 11.1. The van der Waals surface area contributed by atoms with E-state index in [0.29, 0.717) is 18.6 Å². The number of carbonyl (C=O) groups is 1. The predicted molar refractivity (Wildman–Crippen MR) is 46.7 cm³/mol. The van der Waals surface area contributed by atoms with Crippen molar-refractivity contribution in [1.82, 2.24) is 0 Å². The third kappa shape index (κ3) is 1.26. The molecule has 0 bridgehead atoms. The van der Waals surface area contributed by atoms with Crippen LogP contribution in [0.2, 0.25) is 0 Å². The van der Waals surface area contributed by atoms with E-state index in [-0.39, 0.29) is 0 Å². The van der Waals surface area contributed by atoms with Crippen LogP contribution in [0.5, 0.6) is 0 Å². The fraction of sp³-hybridized carbons (Fsp3) is 0.222. The van der Waals surface area contributed by atoms with Crippen LogP contribution in [0.15, 0.2) is 16.8 Å². The molecule has 0 fully saturated rings. The van der Waals surface area contributed by atoms with Crippen molar-refractivity contribution in [3.05, 3.63) is 28.0 Å². The molecule has 56 valence electrons. The third-order valence-electron chi connectivity index (χ3n) is 1.81. The first-order valence-electron chi connectivity index (χ1n) is 3.59. The minimum absolute atomic E-state index is 0.318. The second-order valence-corrected chi connectivity index (χ2v) is 3.42. The Morgan fingerprint density at radius 1 is 1.36 bits per heavy atom. The molecule has 0 saturated carbocycles. The first-order chi connectivity index (χ1) is 5.36. The molecule has 0 unspecified atom stereocenters. The molecule has 0 spiro atoms. The fourth-order valence-electron chi connectivity index (χ4n) is 1.23. The first-order valence-corrected chi connectivity index (χ1v) is 4.54. The van der Waals surface area contributed by atoms with Gasteiger partial charge in [-0.05, 0) is 21.9 Å². The standard InChI is InChI=1S/C9H8OS/c10-9-3-1-2-7-5-11-6-8(7)4-9/h1-2,5-6H,3-4H2. The number of hydrogen-bond acceptors (Lipinski definition) is 2. The summed E-state index contributed by atoms with van der Waals surface area (Å²) in [6.07, 6.45) is 5.20. The van der Waals surface area contributed by atoms with E-state index in [2.05, 4.69) is 10.8 Å². The average Bonchev–Trinajstić information content (AvgIpc) is 2.31. The average molecular weight is 164 g/mol. The van der Waals surface area contributed by atoms with E-state index in [4.69, 9.17) is 0 Å². The Morgan fingerprint density at radius 2 is 2.27 bits per heavy atom. The van der Waals surface area contributed by atoms with Gasteiger partial charge in [-0.15, -0.1) is 0 Å². The van der Waals surface area contributed by atoms with E-state index in [0.717, 1.165) is 0 Å². The minimum atomic E-state index is 0.318. The molecule has 1 aliphatic carbocycles. The zero-order chi connectivity index (χ0) is 7.68. The van der Waals surface area contributed by atoms with Gasteiger partial charge in [0.05, 0.1) is 0 Å². The number of fused-ring (bicyclic) bond motifs is 1. The molecule has 1 aromatic rings. The van der Waals surface area contributed by atoms with Crippen molar-refractivity contribution in [2.24, 2.45) is 0 Å². The summed E-state index contributed by atoms with van der Waals surface area (Å²) in [7, 11) is 0. The van der Waals surface area contributed by atoms with Crippen LogP contribution in [-0.2, 0) is 11.2 Å². The smallest absolute Gasteiger partial charge is 0.141 e. The molecule has 1 nitrogen and oxygen atoms in total. The molecule has 0 radical (unpaired) electrons. The highest BCUT2D eigenvalue weighted by Crippen LogP contribution is 2.20. The zero-order valence-electron chi connectivity index (χ0n) is 6.04. The molecule has 11 heavy (non-hydrogen) atoms. The highest BCUT2D eigenvalue weighted by Gasteiger charge is 2.09. The third-order valence-corrected chi connectivity index (χ3v) is 2.62. The SMILES string of the molecule is O=C1CC=Cc2cscc2C1. The Kier molecular flexibility index (Phi) is 1.62. The predicted octanol–water partition coefficient (Wildman–Crippen LogP) is 2.28. The number of Topliss-reactive ketones (excluding diaryl/α,β-unsaturated/α-hetero) is 1. The van der Waals surface area contributed by atoms with E-state index in [1.54, 1.807) is 11.3 Å². The van der Waals surface area contributed by atoms with Gasteiger partial charge in [-0.1, -0.05) is 12.2 Å². The molecule has 0 saturated heterocycles. The van der Waals surface area contributed by atoms with Crippen LogP contribution >= 0.6 is 11.3 Å². The van der Waals surface area contributed by atoms with Gasteiger partial charge < -0.3 is 0 Å². The highest BCUT2D eigenvalue weighted by atomic mass is 32.1. The van der Waals surface area contributed by atoms with E-state index >= 15 is 0 Å². The second kappa shape index (κ2) is 2.62. The molecule has 0 aliphatic heterocycles. The van der Waals surface area contributed by atoms with Crippen LogP contribution in [0, 0.1) is 0 Å². The molecule has 0 amide bonds. The van der Waals surface area contributed by atoms with Crippen molar-refractivity contribution in [1.29, 1.82) is 0 Å². The van der Waals surface area contributed by atoms with Crippen LogP contribution in [0.3, 0.4) is 0 Å². The molecule has 1 aliphatic rings. The van der Waals surface area contributed by atoms with E-state index in [9.17, 15) is 4.79 Å². The number of ketones is 1. The Hall–Kier alpha value is -0.890. The molecular weight excluding hydrogens is 156 g/mol. The summed E-state index contributed by atoms with van der Waals surface area (Å²) in [6.45, 7) is 0. The van der Waals surface area contributed by atoms with Crippen molar-refractivity contribution in [2.75, 3.05) is 0 Å². The van der Waals surface area contributed by atoms with Crippen molar-refractivity contribution < 1.29 is 4.79 Å². The summed E-state index contributed by atoms with van der Waals surface area (Å²) in [5.41, 5.74) is 2.41. The quantitative estimate of drug-likeness (QED) is 0.575. The van der Waals surface area contributed by atoms with Crippen molar-refractivity contribution >= 4 is 23.2 Å². The molecule has 0 atom stereocenters. The Bertz CT molecular complexity index is 309. The number of rotatable bonds is 0.